The van der Waals surface area contributed by atoms with Gasteiger partial charge in [-0.2, -0.15) is 0 Å². The first-order valence-electron chi connectivity index (χ1n) is 10.4. The first kappa shape index (κ1) is 24.1. The Morgan fingerprint density at radius 3 is 1.35 bits per heavy atom. The predicted molar refractivity (Wildman–Crippen MR) is 125 cm³/mol. The molecule has 0 saturated heterocycles. The lowest BCUT2D eigenvalue weighted by Gasteiger charge is -2.34. The van der Waals surface area contributed by atoms with E-state index < -0.39 is 28.7 Å². The largest absolute Gasteiger partial charge is 0.351 e. The van der Waals surface area contributed by atoms with Crippen molar-refractivity contribution in [2.75, 3.05) is 10.6 Å². The second-order valence-corrected chi connectivity index (χ2v) is 9.57. The highest BCUT2D eigenvalue weighted by Gasteiger charge is 2.46. The first-order valence-corrected chi connectivity index (χ1v) is 10.4. The summed E-state index contributed by atoms with van der Waals surface area (Å²) in [6, 6.07) is 14.6. The third-order valence-corrected chi connectivity index (χ3v) is 4.96. The summed E-state index contributed by atoms with van der Waals surface area (Å²) < 4.78 is 0. The lowest BCUT2D eigenvalue weighted by molar-refractivity contribution is -0.145. The van der Waals surface area contributed by atoms with E-state index in [1.54, 1.807) is 38.1 Å². The molecule has 0 unspecified atom stereocenters. The van der Waals surface area contributed by atoms with Gasteiger partial charge in [0.25, 0.3) is 0 Å². The summed E-state index contributed by atoms with van der Waals surface area (Å²) in [4.78, 5) is 39.6. The van der Waals surface area contributed by atoms with Crippen LogP contribution in [0.3, 0.4) is 0 Å². The lowest BCUT2D eigenvalue weighted by atomic mass is 9.76. The molecule has 2 rings (SSSR count). The van der Waals surface area contributed by atoms with Crippen LogP contribution in [-0.2, 0) is 14.4 Å². The molecule has 6 heteroatoms. The number of carbonyl (C=O) groups excluding carboxylic acids is 3. The van der Waals surface area contributed by atoms with Crippen LogP contribution in [0, 0.1) is 25.2 Å². The molecule has 0 heterocycles. The Morgan fingerprint density at radius 1 is 0.677 bits per heavy atom. The molecule has 31 heavy (non-hydrogen) atoms. The van der Waals surface area contributed by atoms with Gasteiger partial charge in [-0.3, -0.25) is 14.4 Å². The van der Waals surface area contributed by atoms with Crippen molar-refractivity contribution in [1.82, 2.24) is 5.32 Å². The van der Waals surface area contributed by atoms with Gasteiger partial charge < -0.3 is 16.0 Å². The van der Waals surface area contributed by atoms with E-state index in [4.69, 9.17) is 0 Å². The Morgan fingerprint density at radius 2 is 1.03 bits per heavy atom. The average Bonchev–Trinajstić information content (AvgIpc) is 2.64. The Bertz CT molecular complexity index is 880. The standard InChI is InChI=1S/C25H33N3O3/c1-16-8-12-18(13-9-16)26-21(29)20(25(6,7)23(31)28-24(3,4)5)22(30)27-19-14-10-17(2)11-15-19/h8-15,20H,1-7H3,(H,26,29)(H,27,30)(H,28,31). The second kappa shape index (κ2) is 9.33. The first-order chi connectivity index (χ1) is 14.3. The van der Waals surface area contributed by atoms with Crippen LogP contribution in [0.5, 0.6) is 0 Å². The van der Waals surface area contributed by atoms with E-state index in [0.29, 0.717) is 11.4 Å². The van der Waals surface area contributed by atoms with Crippen molar-refractivity contribution in [1.29, 1.82) is 0 Å². The zero-order valence-corrected chi connectivity index (χ0v) is 19.4. The van der Waals surface area contributed by atoms with E-state index in [1.807, 2.05) is 58.9 Å². The Labute approximate surface area is 184 Å². The van der Waals surface area contributed by atoms with Crippen molar-refractivity contribution in [3.63, 3.8) is 0 Å². The summed E-state index contributed by atoms with van der Waals surface area (Å²) in [5.41, 5.74) is 1.44. The van der Waals surface area contributed by atoms with Crippen LogP contribution in [0.1, 0.15) is 45.7 Å². The van der Waals surface area contributed by atoms with Crippen molar-refractivity contribution in [3.8, 4) is 0 Å². The molecule has 0 fully saturated rings. The molecule has 0 aromatic heterocycles. The number of hydrogen-bond donors (Lipinski definition) is 3. The molecule has 2 aromatic carbocycles. The minimum absolute atomic E-state index is 0.372. The fourth-order valence-electron chi connectivity index (χ4n) is 3.11. The van der Waals surface area contributed by atoms with E-state index in [-0.39, 0.29) is 5.91 Å². The van der Waals surface area contributed by atoms with Gasteiger partial charge in [0.15, 0.2) is 0 Å². The Balaban J connectivity index is 2.35. The van der Waals surface area contributed by atoms with Crippen LogP contribution in [-0.4, -0.2) is 23.3 Å². The summed E-state index contributed by atoms with van der Waals surface area (Å²) in [6.45, 7) is 12.7. The maximum Gasteiger partial charge on any atom is 0.238 e. The number of benzene rings is 2. The molecule has 2 aromatic rings. The van der Waals surface area contributed by atoms with Gasteiger partial charge in [-0.05, 0) is 72.7 Å². The molecular formula is C25H33N3O3. The molecule has 3 amide bonds. The van der Waals surface area contributed by atoms with Gasteiger partial charge in [-0.1, -0.05) is 35.4 Å². The number of carbonyl (C=O) groups is 3. The SMILES string of the molecule is Cc1ccc(NC(=O)C(C(=O)Nc2ccc(C)cc2)C(C)(C)C(=O)NC(C)(C)C)cc1. The summed E-state index contributed by atoms with van der Waals surface area (Å²) in [5.74, 6) is -2.70. The van der Waals surface area contributed by atoms with Crippen molar-refractivity contribution < 1.29 is 14.4 Å². The molecule has 6 nitrogen and oxygen atoms in total. The summed E-state index contributed by atoms with van der Waals surface area (Å²) in [7, 11) is 0. The van der Waals surface area contributed by atoms with E-state index in [2.05, 4.69) is 16.0 Å². The number of amides is 3. The highest BCUT2D eigenvalue weighted by Crippen LogP contribution is 2.31. The van der Waals surface area contributed by atoms with E-state index >= 15 is 0 Å². The Kier molecular flexibility index (Phi) is 7.26. The molecule has 0 bridgehead atoms. The zero-order chi connectivity index (χ0) is 23.4. The third-order valence-electron chi connectivity index (χ3n) is 4.96. The number of hydrogen-bond acceptors (Lipinski definition) is 3. The molecule has 0 aliphatic heterocycles. The van der Waals surface area contributed by atoms with Crippen molar-refractivity contribution in [3.05, 3.63) is 59.7 Å². The number of anilines is 2. The number of nitrogens with one attached hydrogen (secondary N) is 3. The highest BCUT2D eigenvalue weighted by molar-refractivity contribution is 6.14. The molecule has 166 valence electrons. The van der Waals surface area contributed by atoms with Gasteiger partial charge in [0.2, 0.25) is 17.7 Å². The molecular weight excluding hydrogens is 390 g/mol. The van der Waals surface area contributed by atoms with E-state index in [1.165, 1.54) is 0 Å². The fraction of sp³-hybridized carbons (Fsp3) is 0.400. The summed E-state index contributed by atoms with van der Waals surface area (Å²) in [6.07, 6.45) is 0. The molecule has 3 N–H and O–H groups in total. The maximum absolute atomic E-state index is 13.2. The Hall–Kier alpha value is -3.15. The van der Waals surface area contributed by atoms with Crippen LogP contribution < -0.4 is 16.0 Å². The van der Waals surface area contributed by atoms with Crippen molar-refractivity contribution in [2.24, 2.45) is 11.3 Å². The van der Waals surface area contributed by atoms with Crippen LogP contribution in [0.25, 0.3) is 0 Å². The summed E-state index contributed by atoms with van der Waals surface area (Å²) in [5, 5.41) is 8.47. The maximum atomic E-state index is 13.2. The minimum Gasteiger partial charge on any atom is -0.351 e. The van der Waals surface area contributed by atoms with Gasteiger partial charge in [0.05, 0.1) is 5.41 Å². The molecule has 0 aliphatic carbocycles. The molecule has 0 aliphatic rings. The van der Waals surface area contributed by atoms with Gasteiger partial charge in [-0.15, -0.1) is 0 Å². The quantitative estimate of drug-likeness (QED) is 0.601. The monoisotopic (exact) mass is 423 g/mol. The van der Waals surface area contributed by atoms with Gasteiger partial charge in [0.1, 0.15) is 5.92 Å². The van der Waals surface area contributed by atoms with Crippen molar-refractivity contribution >= 4 is 29.1 Å². The van der Waals surface area contributed by atoms with Crippen LogP contribution in [0.15, 0.2) is 48.5 Å². The highest BCUT2D eigenvalue weighted by atomic mass is 16.2. The molecule has 0 atom stereocenters. The van der Waals surface area contributed by atoms with Crippen LogP contribution in [0.2, 0.25) is 0 Å². The summed E-state index contributed by atoms with van der Waals surface area (Å²) >= 11 is 0. The average molecular weight is 424 g/mol. The third kappa shape index (κ3) is 6.67. The normalized spacial score (nSPS) is 11.7. The number of rotatable bonds is 6. The second-order valence-electron chi connectivity index (χ2n) is 9.57. The van der Waals surface area contributed by atoms with E-state index in [0.717, 1.165) is 11.1 Å². The smallest absolute Gasteiger partial charge is 0.238 e. The van der Waals surface area contributed by atoms with Gasteiger partial charge in [0, 0.05) is 16.9 Å². The van der Waals surface area contributed by atoms with Gasteiger partial charge >= 0.3 is 0 Å². The zero-order valence-electron chi connectivity index (χ0n) is 19.4. The molecule has 0 spiro atoms. The van der Waals surface area contributed by atoms with Crippen molar-refractivity contribution in [2.45, 2.75) is 54.0 Å². The predicted octanol–water partition coefficient (Wildman–Crippen LogP) is 4.44. The fourth-order valence-corrected chi connectivity index (χ4v) is 3.11. The van der Waals surface area contributed by atoms with Crippen LogP contribution >= 0.6 is 0 Å². The number of aryl methyl sites for hydroxylation is 2. The minimum atomic E-state index is -1.29. The molecule has 0 saturated carbocycles. The molecule has 0 radical (unpaired) electrons. The van der Waals surface area contributed by atoms with Gasteiger partial charge in [-0.25, -0.2) is 0 Å². The van der Waals surface area contributed by atoms with E-state index in [9.17, 15) is 14.4 Å². The van der Waals surface area contributed by atoms with Crippen LogP contribution in [0.4, 0.5) is 11.4 Å². The topological polar surface area (TPSA) is 87.3 Å². The lowest BCUT2D eigenvalue weighted by Crippen LogP contribution is -2.54.